The Bertz CT molecular complexity index is 382. The summed E-state index contributed by atoms with van der Waals surface area (Å²) in [6.07, 6.45) is 7.04. The third-order valence-electron chi connectivity index (χ3n) is 2.02. The molecule has 17 heavy (non-hydrogen) atoms. The number of amides is 1. The number of carbonyl (C=O) groups is 1. The molecule has 0 aliphatic heterocycles. The lowest BCUT2D eigenvalue weighted by Gasteiger charge is -2.01. The van der Waals surface area contributed by atoms with Crippen molar-refractivity contribution in [1.29, 1.82) is 0 Å². The second-order valence-corrected chi connectivity index (χ2v) is 3.36. The van der Waals surface area contributed by atoms with Crippen LogP contribution in [0.2, 0.25) is 0 Å². The van der Waals surface area contributed by atoms with E-state index in [1.165, 1.54) is 0 Å². The molecule has 0 heterocycles. The molecule has 0 saturated heterocycles. The van der Waals surface area contributed by atoms with Crippen molar-refractivity contribution >= 4 is 12.2 Å². The molecule has 1 N–H and O–H groups in total. The molecular formula is C14H17NO2. The normalized spacial score (nSPS) is 10.9. The first-order chi connectivity index (χ1) is 8.33. The largest absolute Gasteiger partial charge is 0.445 e. The molecule has 0 saturated carbocycles. The molecule has 0 unspecified atom stereocenters. The van der Waals surface area contributed by atoms with Crippen LogP contribution in [0.4, 0.5) is 4.79 Å². The standard InChI is InChI=1S/C14H17NO2/c1-2-3-12-17-14(16)15-11-7-10-13-8-5-4-6-9-13/h2-10H,11-12H2,1H3,(H,15,16)/b3-2+,10-7+. The van der Waals surface area contributed by atoms with Crippen molar-refractivity contribution in [1.82, 2.24) is 5.32 Å². The average Bonchev–Trinajstić information content (AvgIpc) is 2.36. The van der Waals surface area contributed by atoms with E-state index in [1.807, 2.05) is 55.5 Å². The zero-order valence-corrected chi connectivity index (χ0v) is 9.93. The molecule has 0 atom stereocenters. The van der Waals surface area contributed by atoms with Crippen LogP contribution in [0.15, 0.2) is 48.6 Å². The van der Waals surface area contributed by atoms with Crippen molar-refractivity contribution in [2.45, 2.75) is 6.92 Å². The quantitative estimate of drug-likeness (QED) is 0.791. The van der Waals surface area contributed by atoms with E-state index in [-0.39, 0.29) is 0 Å². The lowest BCUT2D eigenvalue weighted by molar-refractivity contribution is 0.159. The van der Waals surface area contributed by atoms with Crippen LogP contribution in [0.3, 0.4) is 0 Å². The Kier molecular flexibility index (Phi) is 6.26. The van der Waals surface area contributed by atoms with Gasteiger partial charge in [-0.3, -0.25) is 0 Å². The number of alkyl carbamates (subject to hydrolysis) is 1. The minimum atomic E-state index is -0.402. The molecule has 90 valence electrons. The van der Waals surface area contributed by atoms with Crippen LogP contribution < -0.4 is 5.32 Å². The number of rotatable bonds is 5. The minimum absolute atomic E-state index is 0.310. The molecule has 1 rings (SSSR count). The van der Waals surface area contributed by atoms with Crippen LogP contribution in [-0.2, 0) is 4.74 Å². The highest BCUT2D eigenvalue weighted by atomic mass is 16.5. The molecule has 3 nitrogen and oxygen atoms in total. The lowest BCUT2D eigenvalue weighted by atomic mass is 10.2. The second-order valence-electron chi connectivity index (χ2n) is 3.36. The van der Waals surface area contributed by atoms with E-state index in [0.717, 1.165) is 5.56 Å². The van der Waals surface area contributed by atoms with Gasteiger partial charge in [-0.15, -0.1) is 0 Å². The fourth-order valence-electron chi connectivity index (χ4n) is 1.17. The van der Waals surface area contributed by atoms with E-state index >= 15 is 0 Å². The highest BCUT2D eigenvalue weighted by molar-refractivity contribution is 5.67. The molecule has 0 spiro atoms. The summed E-state index contributed by atoms with van der Waals surface area (Å²) in [4.78, 5) is 11.1. The maximum absolute atomic E-state index is 11.1. The first kappa shape index (κ1) is 13.0. The van der Waals surface area contributed by atoms with Crippen molar-refractivity contribution in [3.63, 3.8) is 0 Å². The number of benzene rings is 1. The SMILES string of the molecule is C/C=C/COC(=O)NC/C=C/c1ccccc1. The first-order valence-corrected chi connectivity index (χ1v) is 5.56. The monoisotopic (exact) mass is 231 g/mol. The molecule has 0 bridgehead atoms. The van der Waals surface area contributed by atoms with Gasteiger partial charge >= 0.3 is 6.09 Å². The number of nitrogens with one attached hydrogen (secondary N) is 1. The van der Waals surface area contributed by atoms with E-state index in [4.69, 9.17) is 4.74 Å². The third kappa shape index (κ3) is 6.20. The molecule has 0 fully saturated rings. The van der Waals surface area contributed by atoms with Crippen molar-refractivity contribution in [2.75, 3.05) is 13.2 Å². The molecule has 1 aromatic carbocycles. The fraction of sp³-hybridized carbons (Fsp3) is 0.214. The number of hydrogen-bond donors (Lipinski definition) is 1. The van der Waals surface area contributed by atoms with Crippen molar-refractivity contribution < 1.29 is 9.53 Å². The summed E-state index contributed by atoms with van der Waals surface area (Å²) in [6, 6.07) is 9.91. The summed E-state index contributed by atoms with van der Waals surface area (Å²) in [7, 11) is 0. The van der Waals surface area contributed by atoms with Gasteiger partial charge in [0.25, 0.3) is 0 Å². The Morgan fingerprint density at radius 2 is 2.06 bits per heavy atom. The zero-order valence-electron chi connectivity index (χ0n) is 9.93. The van der Waals surface area contributed by atoms with Gasteiger partial charge in [-0.1, -0.05) is 54.6 Å². The van der Waals surface area contributed by atoms with Crippen molar-refractivity contribution in [3.05, 3.63) is 54.1 Å². The fourth-order valence-corrected chi connectivity index (χ4v) is 1.17. The summed E-state index contributed by atoms with van der Waals surface area (Å²) >= 11 is 0. The second kappa shape index (κ2) is 8.16. The van der Waals surface area contributed by atoms with Gasteiger partial charge in [-0.05, 0) is 12.5 Å². The summed E-state index contributed by atoms with van der Waals surface area (Å²) < 4.78 is 4.86. The molecule has 0 aromatic heterocycles. The molecule has 0 aliphatic carbocycles. The first-order valence-electron chi connectivity index (χ1n) is 5.56. The van der Waals surface area contributed by atoms with Crippen LogP contribution in [0.25, 0.3) is 6.08 Å². The Hall–Kier alpha value is -2.03. The average molecular weight is 231 g/mol. The van der Waals surface area contributed by atoms with Gasteiger partial charge in [0.15, 0.2) is 0 Å². The lowest BCUT2D eigenvalue weighted by Crippen LogP contribution is -2.24. The van der Waals surface area contributed by atoms with Gasteiger partial charge in [-0.25, -0.2) is 4.79 Å². The third-order valence-corrected chi connectivity index (χ3v) is 2.02. The van der Waals surface area contributed by atoms with Crippen molar-refractivity contribution in [3.8, 4) is 0 Å². The van der Waals surface area contributed by atoms with E-state index < -0.39 is 6.09 Å². The Morgan fingerprint density at radius 1 is 1.29 bits per heavy atom. The molecular weight excluding hydrogens is 214 g/mol. The maximum Gasteiger partial charge on any atom is 0.407 e. The highest BCUT2D eigenvalue weighted by Gasteiger charge is 1.95. The van der Waals surface area contributed by atoms with Gasteiger partial charge in [-0.2, -0.15) is 0 Å². The number of ether oxygens (including phenoxy) is 1. The van der Waals surface area contributed by atoms with Crippen LogP contribution in [0.1, 0.15) is 12.5 Å². The highest BCUT2D eigenvalue weighted by Crippen LogP contribution is 1.99. The minimum Gasteiger partial charge on any atom is -0.445 e. The van der Waals surface area contributed by atoms with E-state index in [9.17, 15) is 4.79 Å². The summed E-state index contributed by atoms with van der Waals surface area (Å²) in [6.45, 7) is 2.65. The topological polar surface area (TPSA) is 38.3 Å². The predicted octanol–water partition coefficient (Wildman–Crippen LogP) is 3.00. The smallest absolute Gasteiger partial charge is 0.407 e. The number of allylic oxidation sites excluding steroid dienone is 1. The Morgan fingerprint density at radius 3 is 2.76 bits per heavy atom. The van der Waals surface area contributed by atoms with E-state index in [1.54, 1.807) is 6.08 Å². The summed E-state index contributed by atoms with van der Waals surface area (Å²) in [5.41, 5.74) is 1.11. The van der Waals surface area contributed by atoms with Crippen LogP contribution in [0, 0.1) is 0 Å². The van der Waals surface area contributed by atoms with Crippen LogP contribution in [-0.4, -0.2) is 19.2 Å². The Balaban J connectivity index is 2.19. The van der Waals surface area contributed by atoms with Gasteiger partial charge < -0.3 is 10.1 Å². The molecule has 1 aromatic rings. The maximum atomic E-state index is 11.1. The molecule has 0 aliphatic rings. The van der Waals surface area contributed by atoms with Crippen LogP contribution in [0.5, 0.6) is 0 Å². The number of carbonyl (C=O) groups excluding carboxylic acids is 1. The van der Waals surface area contributed by atoms with Gasteiger partial charge in [0.1, 0.15) is 6.61 Å². The number of hydrogen-bond acceptors (Lipinski definition) is 2. The van der Waals surface area contributed by atoms with Gasteiger partial charge in [0, 0.05) is 6.54 Å². The Labute approximate surface area is 102 Å². The van der Waals surface area contributed by atoms with Crippen LogP contribution >= 0.6 is 0 Å². The molecule has 0 radical (unpaired) electrons. The summed E-state index contributed by atoms with van der Waals surface area (Å²) in [5, 5.41) is 2.63. The van der Waals surface area contributed by atoms with Crippen molar-refractivity contribution in [2.24, 2.45) is 0 Å². The van der Waals surface area contributed by atoms with E-state index in [0.29, 0.717) is 13.2 Å². The van der Waals surface area contributed by atoms with Gasteiger partial charge in [0.2, 0.25) is 0 Å². The molecule has 1 amide bonds. The molecule has 3 heteroatoms. The predicted molar refractivity (Wildman–Crippen MR) is 69.6 cm³/mol. The summed E-state index contributed by atoms with van der Waals surface area (Å²) in [5.74, 6) is 0. The van der Waals surface area contributed by atoms with E-state index in [2.05, 4.69) is 5.32 Å². The van der Waals surface area contributed by atoms with Gasteiger partial charge in [0.05, 0.1) is 0 Å². The zero-order chi connectivity index (χ0) is 12.3.